The van der Waals surface area contributed by atoms with Crippen molar-refractivity contribution in [2.75, 3.05) is 46.4 Å². The maximum absolute atomic E-state index is 12.7. The fraction of sp³-hybridized carbons (Fsp3) is 0.391. The van der Waals surface area contributed by atoms with E-state index in [1.807, 2.05) is 6.07 Å². The Bertz CT molecular complexity index is 989. The molecule has 1 heterocycles. The average molecular weight is 569 g/mol. The first-order valence-electron chi connectivity index (χ1n) is 10.6. The van der Waals surface area contributed by atoms with Crippen molar-refractivity contribution in [2.24, 2.45) is 0 Å². The Morgan fingerprint density at radius 2 is 1.74 bits per heavy atom. The maximum Gasteiger partial charge on any atom is 0.326 e. The van der Waals surface area contributed by atoms with Crippen LogP contribution in [0.2, 0.25) is 10.0 Å². The number of nitrogens with zero attached hydrogens (tertiary/aromatic N) is 2. The molecule has 35 heavy (non-hydrogen) atoms. The minimum atomic E-state index is -1.20. The molecule has 2 aromatic carbocycles. The molecular formula is C23H29Cl4N3O5. The van der Waals surface area contributed by atoms with Crippen molar-refractivity contribution in [3.8, 4) is 11.5 Å². The van der Waals surface area contributed by atoms with Gasteiger partial charge in [0.25, 0.3) is 5.91 Å². The molecule has 0 aliphatic carbocycles. The molecule has 0 radical (unpaired) electrons. The van der Waals surface area contributed by atoms with E-state index in [2.05, 4.69) is 22.2 Å². The van der Waals surface area contributed by atoms with Crippen molar-refractivity contribution in [3.63, 3.8) is 0 Å². The van der Waals surface area contributed by atoms with Gasteiger partial charge in [-0.05, 0) is 18.7 Å². The van der Waals surface area contributed by atoms with Crippen LogP contribution in [0.5, 0.6) is 11.5 Å². The molecule has 1 aliphatic rings. The summed E-state index contributed by atoms with van der Waals surface area (Å²) in [5.74, 6) is -2.44. The van der Waals surface area contributed by atoms with E-state index in [-0.39, 0.29) is 52.6 Å². The summed E-state index contributed by atoms with van der Waals surface area (Å²) < 4.78 is 5.71. The van der Waals surface area contributed by atoms with Gasteiger partial charge >= 0.3 is 5.97 Å². The van der Waals surface area contributed by atoms with E-state index in [9.17, 15) is 19.8 Å². The van der Waals surface area contributed by atoms with Gasteiger partial charge in [0.15, 0.2) is 11.5 Å². The Hall–Kier alpha value is -1.94. The lowest BCUT2D eigenvalue weighted by Crippen LogP contribution is -2.45. The van der Waals surface area contributed by atoms with Gasteiger partial charge in [0, 0.05) is 39.1 Å². The van der Waals surface area contributed by atoms with E-state index in [4.69, 9.17) is 27.9 Å². The van der Waals surface area contributed by atoms with E-state index in [0.29, 0.717) is 13.2 Å². The van der Waals surface area contributed by atoms with Crippen LogP contribution in [0.25, 0.3) is 0 Å². The number of phenolic OH excluding ortho intramolecular Hbond substituents is 1. The summed E-state index contributed by atoms with van der Waals surface area (Å²) in [6, 6.07) is 8.94. The number of likely N-dealkylation sites (N-methyl/N-ethyl adjacent to an activating group) is 1. The number of piperazine rings is 1. The number of halogens is 4. The largest absolute Gasteiger partial charge is 0.505 e. The number of hydrogen-bond acceptors (Lipinski definition) is 6. The van der Waals surface area contributed by atoms with E-state index < -0.39 is 23.7 Å². The van der Waals surface area contributed by atoms with Gasteiger partial charge in [0.2, 0.25) is 0 Å². The van der Waals surface area contributed by atoms with Crippen molar-refractivity contribution < 1.29 is 24.5 Å². The minimum Gasteiger partial charge on any atom is -0.505 e. The molecule has 1 amide bonds. The Labute approximate surface area is 227 Å². The summed E-state index contributed by atoms with van der Waals surface area (Å²) >= 11 is 12.5. The predicted octanol–water partition coefficient (Wildman–Crippen LogP) is 3.59. The second-order valence-corrected chi connectivity index (χ2v) is 8.73. The standard InChI is InChI=1S/C23H27Cl2N3O5.2ClH/c1-27-7-9-28(10-8-27)11-12-33-21-17(24)14-16(20(29)19(21)25)22(30)26-18(23(31)32)13-15-5-3-2-4-6-15;;/h2-6,14,18,29H,7-13H2,1H3,(H,26,30)(H,31,32);2*1H/t18-;;/m0../s1. The number of carbonyl (C=O) groups is 2. The Morgan fingerprint density at radius 1 is 1.11 bits per heavy atom. The zero-order chi connectivity index (χ0) is 24.0. The van der Waals surface area contributed by atoms with Gasteiger partial charge in [-0.3, -0.25) is 9.69 Å². The normalized spacial score (nSPS) is 14.8. The van der Waals surface area contributed by atoms with Crippen LogP contribution in [0.1, 0.15) is 15.9 Å². The number of hydrogen-bond donors (Lipinski definition) is 3. The first-order chi connectivity index (χ1) is 15.8. The van der Waals surface area contributed by atoms with Crippen LogP contribution >= 0.6 is 48.0 Å². The third-order valence-corrected chi connectivity index (χ3v) is 6.16. The molecule has 0 bridgehead atoms. The number of amides is 1. The van der Waals surface area contributed by atoms with Crippen LogP contribution < -0.4 is 10.1 Å². The molecule has 2 aromatic rings. The molecule has 1 aliphatic heterocycles. The number of carbonyl (C=O) groups excluding carboxylic acids is 1. The van der Waals surface area contributed by atoms with Gasteiger partial charge in [-0.2, -0.15) is 0 Å². The molecule has 0 unspecified atom stereocenters. The first kappa shape index (κ1) is 31.1. The van der Waals surface area contributed by atoms with Crippen molar-refractivity contribution in [1.82, 2.24) is 15.1 Å². The molecule has 194 valence electrons. The molecule has 12 heteroatoms. The minimum absolute atomic E-state index is 0. The highest BCUT2D eigenvalue weighted by atomic mass is 35.5. The number of ether oxygens (including phenoxy) is 1. The number of carboxylic acid groups (broad SMARTS) is 1. The number of rotatable bonds is 9. The van der Waals surface area contributed by atoms with Gasteiger partial charge in [0.05, 0.1) is 10.6 Å². The third kappa shape index (κ3) is 8.59. The smallest absolute Gasteiger partial charge is 0.326 e. The Balaban J connectivity index is 0.00000306. The van der Waals surface area contributed by atoms with Crippen molar-refractivity contribution in [3.05, 3.63) is 57.6 Å². The van der Waals surface area contributed by atoms with Crippen LogP contribution in [0.4, 0.5) is 0 Å². The van der Waals surface area contributed by atoms with E-state index in [1.165, 1.54) is 6.07 Å². The van der Waals surface area contributed by atoms with Gasteiger partial charge in [-0.15, -0.1) is 24.8 Å². The number of aromatic hydroxyl groups is 1. The second-order valence-electron chi connectivity index (χ2n) is 7.95. The zero-order valence-electron chi connectivity index (χ0n) is 19.1. The molecule has 3 N–H and O–H groups in total. The average Bonchev–Trinajstić information content (AvgIpc) is 2.79. The predicted molar refractivity (Wildman–Crippen MR) is 141 cm³/mol. The fourth-order valence-corrected chi connectivity index (χ4v) is 4.10. The lowest BCUT2D eigenvalue weighted by Gasteiger charge is -2.32. The van der Waals surface area contributed by atoms with Crippen molar-refractivity contribution in [1.29, 1.82) is 0 Å². The van der Waals surface area contributed by atoms with E-state index in [0.717, 1.165) is 31.7 Å². The Morgan fingerprint density at radius 3 is 2.34 bits per heavy atom. The molecule has 0 aromatic heterocycles. The third-order valence-electron chi connectivity index (χ3n) is 5.53. The Kier molecular flexibility index (Phi) is 13.0. The molecule has 8 nitrogen and oxygen atoms in total. The van der Waals surface area contributed by atoms with Crippen LogP contribution in [-0.2, 0) is 11.2 Å². The van der Waals surface area contributed by atoms with Crippen LogP contribution in [0, 0.1) is 0 Å². The van der Waals surface area contributed by atoms with Gasteiger partial charge in [0.1, 0.15) is 17.7 Å². The second kappa shape index (κ2) is 14.6. The number of phenols is 1. The zero-order valence-corrected chi connectivity index (χ0v) is 22.2. The van der Waals surface area contributed by atoms with E-state index >= 15 is 0 Å². The summed E-state index contributed by atoms with van der Waals surface area (Å²) in [6.45, 7) is 4.80. The fourth-order valence-electron chi connectivity index (χ4n) is 3.53. The monoisotopic (exact) mass is 567 g/mol. The van der Waals surface area contributed by atoms with Crippen molar-refractivity contribution >= 4 is 59.9 Å². The van der Waals surface area contributed by atoms with Gasteiger partial charge < -0.3 is 25.2 Å². The van der Waals surface area contributed by atoms with E-state index in [1.54, 1.807) is 24.3 Å². The van der Waals surface area contributed by atoms with Crippen molar-refractivity contribution in [2.45, 2.75) is 12.5 Å². The molecule has 0 saturated carbocycles. The summed E-state index contributed by atoms with van der Waals surface area (Å²) in [5.41, 5.74) is 0.519. The molecule has 1 saturated heterocycles. The number of aliphatic carboxylic acids is 1. The topological polar surface area (TPSA) is 102 Å². The molecule has 3 rings (SSSR count). The molecule has 1 atom stereocenters. The highest BCUT2D eigenvalue weighted by Gasteiger charge is 2.26. The summed E-state index contributed by atoms with van der Waals surface area (Å²) in [5, 5.41) is 22.3. The highest BCUT2D eigenvalue weighted by molar-refractivity contribution is 6.39. The lowest BCUT2D eigenvalue weighted by molar-refractivity contribution is -0.139. The summed E-state index contributed by atoms with van der Waals surface area (Å²) in [6.07, 6.45) is 0.0810. The number of benzene rings is 2. The van der Waals surface area contributed by atoms with Gasteiger partial charge in [-0.1, -0.05) is 53.5 Å². The number of carboxylic acids is 1. The molecular weight excluding hydrogens is 540 g/mol. The summed E-state index contributed by atoms with van der Waals surface area (Å²) in [7, 11) is 2.08. The quantitative estimate of drug-likeness (QED) is 0.425. The highest BCUT2D eigenvalue weighted by Crippen LogP contribution is 2.42. The molecule has 0 spiro atoms. The number of nitrogens with one attached hydrogen (secondary N) is 1. The van der Waals surface area contributed by atoms with Crippen LogP contribution in [0.15, 0.2) is 36.4 Å². The lowest BCUT2D eigenvalue weighted by atomic mass is 10.1. The summed E-state index contributed by atoms with van der Waals surface area (Å²) in [4.78, 5) is 28.9. The molecule has 1 fully saturated rings. The SMILES string of the molecule is CN1CCN(CCOc2c(Cl)cc(C(=O)N[C@@H](Cc3ccccc3)C(=O)O)c(O)c2Cl)CC1.Cl.Cl. The van der Waals surface area contributed by atoms with Gasteiger partial charge in [-0.25, -0.2) is 4.79 Å². The maximum atomic E-state index is 12.7. The first-order valence-corrected chi connectivity index (χ1v) is 11.3. The van der Waals surface area contributed by atoms with Crippen LogP contribution in [-0.4, -0.2) is 84.3 Å². The van der Waals surface area contributed by atoms with Crippen LogP contribution in [0.3, 0.4) is 0 Å².